The predicted molar refractivity (Wildman–Crippen MR) is 98.2 cm³/mol. The maximum absolute atomic E-state index is 11.9. The molecule has 3 heteroatoms. The second-order valence-corrected chi connectivity index (χ2v) is 6.16. The molecular formula is C21H18N2O. The Bertz CT molecular complexity index is 1060. The van der Waals surface area contributed by atoms with Crippen LogP contribution in [0.5, 0.6) is 0 Å². The van der Waals surface area contributed by atoms with Crippen LogP contribution in [0.25, 0.3) is 21.8 Å². The van der Waals surface area contributed by atoms with Gasteiger partial charge in [0.1, 0.15) is 0 Å². The lowest BCUT2D eigenvalue weighted by Crippen LogP contribution is -2.11. The van der Waals surface area contributed by atoms with Gasteiger partial charge in [0.15, 0.2) is 0 Å². The van der Waals surface area contributed by atoms with E-state index in [9.17, 15) is 4.79 Å². The Morgan fingerprint density at radius 1 is 0.958 bits per heavy atom. The van der Waals surface area contributed by atoms with Crippen molar-refractivity contribution >= 4 is 27.7 Å². The molecule has 0 saturated heterocycles. The van der Waals surface area contributed by atoms with Crippen LogP contribution in [-0.2, 0) is 6.54 Å². The Labute approximate surface area is 140 Å². The van der Waals surface area contributed by atoms with Gasteiger partial charge in [-0.15, -0.1) is 0 Å². The smallest absolute Gasteiger partial charge is 0.249 e. The molecule has 3 nitrogen and oxygen atoms in total. The highest BCUT2D eigenvalue weighted by Crippen LogP contribution is 2.32. The van der Waals surface area contributed by atoms with Gasteiger partial charge in [0.25, 0.3) is 0 Å². The minimum atomic E-state index is -0.389. The minimum Gasteiger partial charge on any atom is -0.366 e. The molecule has 2 N–H and O–H groups in total. The van der Waals surface area contributed by atoms with Crippen molar-refractivity contribution in [3.8, 4) is 0 Å². The monoisotopic (exact) mass is 314 g/mol. The molecule has 0 aliphatic rings. The van der Waals surface area contributed by atoms with E-state index in [1.807, 2.05) is 24.3 Å². The number of rotatable bonds is 3. The summed E-state index contributed by atoms with van der Waals surface area (Å²) in [7, 11) is 0. The zero-order chi connectivity index (χ0) is 16.7. The molecule has 3 aromatic carbocycles. The normalized spacial score (nSPS) is 11.2. The average Bonchev–Trinajstić information content (AvgIpc) is 2.89. The molecule has 0 saturated carbocycles. The van der Waals surface area contributed by atoms with E-state index in [1.165, 1.54) is 11.1 Å². The van der Waals surface area contributed by atoms with E-state index in [0.717, 1.165) is 28.4 Å². The van der Waals surface area contributed by atoms with Gasteiger partial charge in [-0.2, -0.15) is 0 Å². The molecule has 4 rings (SSSR count). The number of nitrogens with two attached hydrogens (primary N) is 1. The summed E-state index contributed by atoms with van der Waals surface area (Å²) in [5, 5.41) is 2.01. The number of aryl methyl sites for hydroxylation is 1. The lowest BCUT2D eigenvalue weighted by molar-refractivity contribution is 0.100. The van der Waals surface area contributed by atoms with Gasteiger partial charge in [-0.3, -0.25) is 4.79 Å². The van der Waals surface area contributed by atoms with E-state index in [-0.39, 0.29) is 5.91 Å². The van der Waals surface area contributed by atoms with Gasteiger partial charge in [-0.05, 0) is 36.2 Å². The second-order valence-electron chi connectivity index (χ2n) is 6.16. The number of primary amides is 1. The highest BCUT2D eigenvalue weighted by atomic mass is 16.1. The van der Waals surface area contributed by atoms with Gasteiger partial charge in [0.2, 0.25) is 5.91 Å². The number of amides is 1. The van der Waals surface area contributed by atoms with Gasteiger partial charge >= 0.3 is 0 Å². The van der Waals surface area contributed by atoms with E-state index in [2.05, 4.69) is 47.9 Å². The third kappa shape index (κ3) is 2.26. The van der Waals surface area contributed by atoms with Crippen LogP contribution in [0, 0.1) is 6.92 Å². The molecule has 0 unspecified atom stereocenters. The van der Waals surface area contributed by atoms with E-state index in [4.69, 9.17) is 5.73 Å². The lowest BCUT2D eigenvalue weighted by Gasteiger charge is -2.08. The Balaban J connectivity index is 2.08. The first-order chi connectivity index (χ1) is 11.6. The Morgan fingerprint density at radius 3 is 2.50 bits per heavy atom. The molecule has 0 fully saturated rings. The van der Waals surface area contributed by atoms with Crippen LogP contribution in [0.15, 0.2) is 66.7 Å². The van der Waals surface area contributed by atoms with Crippen LogP contribution >= 0.6 is 0 Å². The summed E-state index contributed by atoms with van der Waals surface area (Å²) in [6, 6.07) is 22.4. The Kier molecular flexibility index (Phi) is 3.35. The average molecular weight is 314 g/mol. The molecule has 0 radical (unpaired) electrons. The van der Waals surface area contributed by atoms with Crippen LogP contribution < -0.4 is 5.73 Å². The zero-order valence-electron chi connectivity index (χ0n) is 13.5. The number of benzene rings is 3. The van der Waals surface area contributed by atoms with Gasteiger partial charge in [-0.1, -0.05) is 48.5 Å². The number of carbonyl (C=O) groups is 1. The number of aromatic nitrogens is 1. The standard InChI is InChI=1S/C21H18N2O/c1-14-10-11-16-19(12-14)23(13-15-6-3-2-4-7-15)18-9-5-8-17(20(16)18)21(22)24/h2-12H,13H2,1H3,(H2,22,24). The molecule has 4 aromatic rings. The van der Waals surface area contributed by atoms with Crippen LogP contribution in [0.3, 0.4) is 0 Å². The lowest BCUT2D eigenvalue weighted by atomic mass is 10.1. The molecule has 118 valence electrons. The first kappa shape index (κ1) is 14.5. The number of carbonyl (C=O) groups excluding carboxylic acids is 1. The number of nitrogens with zero attached hydrogens (tertiary/aromatic N) is 1. The number of fused-ring (bicyclic) bond motifs is 3. The highest BCUT2D eigenvalue weighted by Gasteiger charge is 2.16. The second kappa shape index (κ2) is 5.53. The van der Waals surface area contributed by atoms with Crippen molar-refractivity contribution in [3.05, 3.63) is 83.4 Å². The van der Waals surface area contributed by atoms with E-state index in [1.54, 1.807) is 6.07 Å². The van der Waals surface area contributed by atoms with Gasteiger partial charge in [0, 0.05) is 28.4 Å². The van der Waals surface area contributed by atoms with Crippen molar-refractivity contribution in [1.82, 2.24) is 4.57 Å². The molecular weight excluding hydrogens is 296 g/mol. The van der Waals surface area contributed by atoms with Crippen LogP contribution in [-0.4, -0.2) is 10.5 Å². The fourth-order valence-electron chi connectivity index (χ4n) is 3.40. The van der Waals surface area contributed by atoms with Crippen molar-refractivity contribution in [3.63, 3.8) is 0 Å². The molecule has 1 amide bonds. The molecule has 0 spiro atoms. The first-order valence-corrected chi connectivity index (χ1v) is 8.00. The summed E-state index contributed by atoms with van der Waals surface area (Å²) < 4.78 is 2.26. The zero-order valence-corrected chi connectivity index (χ0v) is 13.5. The maximum atomic E-state index is 11.9. The molecule has 24 heavy (non-hydrogen) atoms. The Hall–Kier alpha value is -3.07. The summed E-state index contributed by atoms with van der Waals surface area (Å²) in [5.74, 6) is -0.389. The summed E-state index contributed by atoms with van der Waals surface area (Å²) in [5.41, 5.74) is 10.8. The molecule has 0 aliphatic heterocycles. The van der Waals surface area contributed by atoms with Gasteiger partial charge < -0.3 is 10.3 Å². The molecule has 1 heterocycles. The van der Waals surface area contributed by atoms with Crippen molar-refractivity contribution in [2.45, 2.75) is 13.5 Å². The summed E-state index contributed by atoms with van der Waals surface area (Å²) >= 11 is 0. The first-order valence-electron chi connectivity index (χ1n) is 8.00. The predicted octanol–water partition coefficient (Wildman–Crippen LogP) is 4.25. The summed E-state index contributed by atoms with van der Waals surface area (Å²) in [4.78, 5) is 11.9. The largest absolute Gasteiger partial charge is 0.366 e. The van der Waals surface area contributed by atoms with Gasteiger partial charge in [-0.25, -0.2) is 0 Å². The summed E-state index contributed by atoms with van der Waals surface area (Å²) in [6.45, 7) is 2.84. The van der Waals surface area contributed by atoms with Crippen LogP contribution in [0.4, 0.5) is 0 Å². The SMILES string of the molecule is Cc1ccc2c3c(C(N)=O)cccc3n(Cc3ccccc3)c2c1. The highest BCUT2D eigenvalue weighted by molar-refractivity contribution is 6.17. The minimum absolute atomic E-state index is 0.389. The molecule has 0 aliphatic carbocycles. The third-order valence-electron chi connectivity index (χ3n) is 4.50. The molecule has 1 aromatic heterocycles. The quantitative estimate of drug-likeness (QED) is 0.604. The maximum Gasteiger partial charge on any atom is 0.249 e. The van der Waals surface area contributed by atoms with Crippen molar-refractivity contribution in [2.24, 2.45) is 5.73 Å². The van der Waals surface area contributed by atoms with Crippen molar-refractivity contribution in [2.75, 3.05) is 0 Å². The summed E-state index contributed by atoms with van der Waals surface area (Å²) in [6.07, 6.45) is 0. The number of hydrogen-bond acceptors (Lipinski definition) is 1. The van der Waals surface area contributed by atoms with Crippen molar-refractivity contribution < 1.29 is 4.79 Å². The van der Waals surface area contributed by atoms with Crippen LogP contribution in [0.2, 0.25) is 0 Å². The fourth-order valence-corrected chi connectivity index (χ4v) is 3.40. The fraction of sp³-hybridized carbons (Fsp3) is 0.0952. The molecule has 0 atom stereocenters. The van der Waals surface area contributed by atoms with E-state index >= 15 is 0 Å². The third-order valence-corrected chi connectivity index (χ3v) is 4.50. The topological polar surface area (TPSA) is 48.0 Å². The number of hydrogen-bond donors (Lipinski definition) is 1. The Morgan fingerprint density at radius 2 is 1.75 bits per heavy atom. The molecule has 0 bridgehead atoms. The van der Waals surface area contributed by atoms with Crippen LogP contribution in [0.1, 0.15) is 21.5 Å². The van der Waals surface area contributed by atoms with Crippen molar-refractivity contribution in [1.29, 1.82) is 0 Å². The van der Waals surface area contributed by atoms with Gasteiger partial charge in [0.05, 0.1) is 5.52 Å². The van der Waals surface area contributed by atoms with E-state index in [0.29, 0.717) is 5.56 Å². The van der Waals surface area contributed by atoms with E-state index < -0.39 is 0 Å².